The summed E-state index contributed by atoms with van der Waals surface area (Å²) in [6, 6.07) is -0.423. The van der Waals surface area contributed by atoms with Gasteiger partial charge in [0.2, 0.25) is 0 Å². The molecule has 106 valence electrons. The van der Waals surface area contributed by atoms with Gasteiger partial charge in [0.25, 0.3) is 10.2 Å². The SMILES string of the molecule is CN(C1CCC(=O)CC1)S(=O)(=O)NCC(F)(F)F. The van der Waals surface area contributed by atoms with Gasteiger partial charge in [0, 0.05) is 25.9 Å². The summed E-state index contributed by atoms with van der Waals surface area (Å²) in [6.45, 7) is -1.59. The first kappa shape index (κ1) is 15.4. The summed E-state index contributed by atoms with van der Waals surface area (Å²) in [5, 5.41) is 0. The highest BCUT2D eigenvalue weighted by atomic mass is 32.2. The number of rotatable bonds is 4. The molecule has 18 heavy (non-hydrogen) atoms. The lowest BCUT2D eigenvalue weighted by atomic mass is 9.95. The molecular formula is C9H15F3N2O3S. The number of nitrogens with one attached hydrogen (secondary N) is 1. The minimum atomic E-state index is -4.59. The molecular weight excluding hydrogens is 273 g/mol. The van der Waals surface area contributed by atoms with Crippen molar-refractivity contribution >= 4 is 16.0 Å². The second-order valence-electron chi connectivity index (χ2n) is 4.23. The lowest BCUT2D eigenvalue weighted by molar-refractivity contribution is -0.121. The van der Waals surface area contributed by atoms with Crippen LogP contribution in [-0.4, -0.2) is 44.3 Å². The molecule has 1 saturated carbocycles. The molecule has 1 fully saturated rings. The van der Waals surface area contributed by atoms with E-state index in [1.807, 2.05) is 0 Å². The van der Waals surface area contributed by atoms with Crippen molar-refractivity contribution < 1.29 is 26.4 Å². The van der Waals surface area contributed by atoms with E-state index in [1.54, 1.807) is 0 Å². The predicted molar refractivity (Wildman–Crippen MR) is 58.0 cm³/mol. The summed E-state index contributed by atoms with van der Waals surface area (Å²) in [4.78, 5) is 11.0. The van der Waals surface area contributed by atoms with Crippen LogP contribution in [-0.2, 0) is 15.0 Å². The zero-order valence-electron chi connectivity index (χ0n) is 9.83. The molecule has 1 N–H and O–H groups in total. The maximum Gasteiger partial charge on any atom is 0.402 e. The number of carbonyl (C=O) groups excluding carboxylic acids is 1. The van der Waals surface area contributed by atoms with E-state index in [0.717, 1.165) is 4.31 Å². The molecule has 0 heterocycles. The van der Waals surface area contributed by atoms with Gasteiger partial charge in [-0.3, -0.25) is 4.79 Å². The lowest BCUT2D eigenvalue weighted by Crippen LogP contribution is -2.47. The van der Waals surface area contributed by atoms with Gasteiger partial charge in [-0.2, -0.15) is 30.6 Å². The molecule has 1 rings (SSSR count). The quantitative estimate of drug-likeness (QED) is 0.833. The molecule has 1 aliphatic rings. The van der Waals surface area contributed by atoms with Crippen LogP contribution in [0.4, 0.5) is 13.2 Å². The van der Waals surface area contributed by atoms with Crippen molar-refractivity contribution in [2.75, 3.05) is 13.6 Å². The molecule has 0 aromatic heterocycles. The smallest absolute Gasteiger partial charge is 0.300 e. The highest BCUT2D eigenvalue weighted by molar-refractivity contribution is 7.87. The Balaban J connectivity index is 2.59. The average Bonchev–Trinajstić information content (AvgIpc) is 2.26. The molecule has 0 aromatic carbocycles. The summed E-state index contributed by atoms with van der Waals surface area (Å²) in [5.41, 5.74) is 0. The Kier molecular flexibility index (Phi) is 4.73. The summed E-state index contributed by atoms with van der Waals surface area (Å²) in [7, 11) is -2.94. The van der Waals surface area contributed by atoms with Gasteiger partial charge >= 0.3 is 6.18 Å². The van der Waals surface area contributed by atoms with Crippen LogP contribution in [0.2, 0.25) is 0 Å². The van der Waals surface area contributed by atoms with E-state index < -0.39 is 29.0 Å². The molecule has 0 atom stereocenters. The number of ketones is 1. The number of hydrogen-bond donors (Lipinski definition) is 1. The second-order valence-corrected chi connectivity index (χ2v) is 6.04. The Morgan fingerprint density at radius 1 is 1.33 bits per heavy atom. The molecule has 0 unspecified atom stereocenters. The molecule has 0 bridgehead atoms. The van der Waals surface area contributed by atoms with Gasteiger partial charge in [0.05, 0.1) is 0 Å². The summed E-state index contributed by atoms with van der Waals surface area (Å²) >= 11 is 0. The molecule has 0 radical (unpaired) electrons. The van der Waals surface area contributed by atoms with Crippen LogP contribution in [0, 0.1) is 0 Å². The molecule has 0 spiro atoms. The van der Waals surface area contributed by atoms with Gasteiger partial charge in [0.1, 0.15) is 12.3 Å². The fourth-order valence-electron chi connectivity index (χ4n) is 1.76. The van der Waals surface area contributed by atoms with E-state index in [-0.39, 0.29) is 18.6 Å². The molecule has 5 nitrogen and oxygen atoms in total. The van der Waals surface area contributed by atoms with Gasteiger partial charge in [-0.15, -0.1) is 0 Å². The minimum absolute atomic E-state index is 0.0558. The molecule has 0 aliphatic heterocycles. The van der Waals surface area contributed by atoms with Crippen LogP contribution in [0.3, 0.4) is 0 Å². The van der Waals surface area contributed by atoms with E-state index in [0.29, 0.717) is 12.8 Å². The summed E-state index contributed by atoms with van der Waals surface area (Å²) < 4.78 is 61.4. The van der Waals surface area contributed by atoms with Crippen molar-refractivity contribution in [1.29, 1.82) is 0 Å². The predicted octanol–water partition coefficient (Wildman–Crippen LogP) is 0.827. The fourth-order valence-corrected chi connectivity index (χ4v) is 2.91. The van der Waals surface area contributed by atoms with E-state index in [4.69, 9.17) is 0 Å². The van der Waals surface area contributed by atoms with Gasteiger partial charge in [-0.1, -0.05) is 0 Å². The maximum absolute atomic E-state index is 12.0. The molecule has 0 aromatic rings. The zero-order chi connectivity index (χ0) is 14.0. The highest BCUT2D eigenvalue weighted by Gasteiger charge is 2.34. The number of carbonyl (C=O) groups is 1. The highest BCUT2D eigenvalue weighted by Crippen LogP contribution is 2.21. The van der Waals surface area contributed by atoms with Crippen molar-refractivity contribution in [3.05, 3.63) is 0 Å². The Labute approximate surface area is 104 Å². The van der Waals surface area contributed by atoms with Crippen molar-refractivity contribution in [3.63, 3.8) is 0 Å². The maximum atomic E-state index is 12.0. The van der Waals surface area contributed by atoms with Gasteiger partial charge < -0.3 is 0 Å². The first-order chi connectivity index (χ1) is 8.12. The van der Waals surface area contributed by atoms with Crippen LogP contribution < -0.4 is 4.72 Å². The number of halogens is 3. The average molecular weight is 288 g/mol. The van der Waals surface area contributed by atoms with Gasteiger partial charge in [-0.05, 0) is 12.8 Å². The third-order valence-electron chi connectivity index (χ3n) is 2.86. The van der Waals surface area contributed by atoms with Crippen molar-refractivity contribution in [2.45, 2.75) is 37.9 Å². The monoisotopic (exact) mass is 288 g/mol. The minimum Gasteiger partial charge on any atom is -0.300 e. The molecule has 9 heteroatoms. The topological polar surface area (TPSA) is 66.5 Å². The number of hydrogen-bond acceptors (Lipinski definition) is 3. The third-order valence-corrected chi connectivity index (χ3v) is 4.43. The fraction of sp³-hybridized carbons (Fsp3) is 0.889. The molecule has 0 saturated heterocycles. The van der Waals surface area contributed by atoms with E-state index in [9.17, 15) is 26.4 Å². The summed E-state index contributed by atoms with van der Waals surface area (Å²) in [6.07, 6.45) is -3.35. The number of Topliss-reactive ketones (excluding diaryl/α,β-unsaturated/α-hetero) is 1. The first-order valence-electron chi connectivity index (χ1n) is 5.43. The first-order valence-corrected chi connectivity index (χ1v) is 6.87. The second kappa shape index (κ2) is 5.54. The summed E-state index contributed by atoms with van der Waals surface area (Å²) in [5.74, 6) is 0.0558. The van der Waals surface area contributed by atoms with Crippen LogP contribution in [0.25, 0.3) is 0 Å². The number of nitrogens with zero attached hydrogens (tertiary/aromatic N) is 1. The standard InChI is InChI=1S/C9H15F3N2O3S/c1-14(7-2-4-8(15)5-3-7)18(16,17)13-6-9(10,11)12/h7,13H,2-6H2,1H3. The van der Waals surface area contributed by atoms with E-state index in [1.165, 1.54) is 11.8 Å². The Morgan fingerprint density at radius 3 is 2.28 bits per heavy atom. The normalized spacial score (nSPS) is 19.5. The Morgan fingerprint density at radius 2 is 1.83 bits per heavy atom. The molecule has 1 aliphatic carbocycles. The number of alkyl halides is 3. The van der Waals surface area contributed by atoms with Crippen LogP contribution in [0.1, 0.15) is 25.7 Å². The molecule has 0 amide bonds. The van der Waals surface area contributed by atoms with Crippen LogP contribution >= 0.6 is 0 Å². The van der Waals surface area contributed by atoms with Crippen molar-refractivity contribution in [1.82, 2.24) is 9.03 Å². The Hall–Kier alpha value is -0.670. The van der Waals surface area contributed by atoms with E-state index >= 15 is 0 Å². The van der Waals surface area contributed by atoms with Gasteiger partial charge in [0.15, 0.2) is 0 Å². The van der Waals surface area contributed by atoms with Gasteiger partial charge in [-0.25, -0.2) is 0 Å². The largest absolute Gasteiger partial charge is 0.402 e. The zero-order valence-corrected chi connectivity index (χ0v) is 10.6. The third kappa shape index (κ3) is 4.54. The lowest BCUT2D eigenvalue weighted by Gasteiger charge is -2.29. The van der Waals surface area contributed by atoms with E-state index in [2.05, 4.69) is 0 Å². The van der Waals surface area contributed by atoms with Crippen molar-refractivity contribution in [2.24, 2.45) is 0 Å². The Bertz CT molecular complexity index is 398. The van der Waals surface area contributed by atoms with Crippen LogP contribution in [0.15, 0.2) is 0 Å². The van der Waals surface area contributed by atoms with Crippen LogP contribution in [0.5, 0.6) is 0 Å². The van der Waals surface area contributed by atoms with Crippen molar-refractivity contribution in [3.8, 4) is 0 Å².